The number of pyridine rings is 1. The summed E-state index contributed by atoms with van der Waals surface area (Å²) in [5, 5.41) is 0. The average Bonchev–Trinajstić information content (AvgIpc) is 2.68. The van der Waals surface area contributed by atoms with Crippen LogP contribution in [-0.4, -0.2) is 21.6 Å². The number of thioether (sulfide) groups is 1. The maximum Gasteiger partial charge on any atom is 0.244 e. The maximum atomic E-state index is 10.9. The lowest BCUT2D eigenvalue weighted by molar-refractivity contribution is -0.118. The van der Waals surface area contributed by atoms with Gasteiger partial charge in [0, 0.05) is 6.20 Å². The third kappa shape index (κ3) is 2.44. The maximum absolute atomic E-state index is 10.9. The molecule has 2 aromatic heterocycles. The van der Waals surface area contributed by atoms with Crippen LogP contribution in [0, 0.1) is 0 Å². The van der Waals surface area contributed by atoms with Crippen LogP contribution in [0.2, 0.25) is 0 Å². The monoisotopic (exact) mass is 240 g/mol. The minimum Gasteiger partial charge on any atom is -0.294 e. The molecular formula is C8H8N4OS2. The molecular weight excluding hydrogens is 232 g/mol. The van der Waals surface area contributed by atoms with Gasteiger partial charge in [0.05, 0.1) is 5.75 Å². The normalized spacial score (nSPS) is 10.5. The number of nitrogens with one attached hydrogen (secondary N) is 1. The van der Waals surface area contributed by atoms with Gasteiger partial charge in [-0.1, -0.05) is 23.1 Å². The number of fused-ring (bicyclic) bond motifs is 1. The Labute approximate surface area is 94.1 Å². The summed E-state index contributed by atoms with van der Waals surface area (Å²) in [6, 6.07) is 3.73. The van der Waals surface area contributed by atoms with Crippen molar-refractivity contribution < 1.29 is 4.79 Å². The second-order valence-electron chi connectivity index (χ2n) is 2.66. The van der Waals surface area contributed by atoms with Crippen molar-refractivity contribution in [2.24, 2.45) is 5.84 Å². The standard InChI is InChI=1S/C8H8N4OS2/c9-12-6(13)4-14-8-11-5-2-1-3-10-7(5)15-8/h1-3H,4,9H2,(H,12,13). The van der Waals surface area contributed by atoms with Crippen molar-refractivity contribution in [1.29, 1.82) is 0 Å². The van der Waals surface area contributed by atoms with Gasteiger partial charge in [0.1, 0.15) is 10.3 Å². The SMILES string of the molecule is NNC(=O)CSc1nc2cccnc2s1. The molecule has 0 spiro atoms. The molecule has 15 heavy (non-hydrogen) atoms. The Hall–Kier alpha value is -1.18. The number of nitrogens with two attached hydrogens (primary N) is 1. The highest BCUT2D eigenvalue weighted by atomic mass is 32.2. The minimum atomic E-state index is -0.216. The zero-order chi connectivity index (χ0) is 10.7. The van der Waals surface area contributed by atoms with E-state index in [2.05, 4.69) is 15.4 Å². The van der Waals surface area contributed by atoms with Crippen molar-refractivity contribution in [2.45, 2.75) is 4.34 Å². The van der Waals surface area contributed by atoms with Crippen molar-refractivity contribution in [3.8, 4) is 0 Å². The zero-order valence-electron chi connectivity index (χ0n) is 7.64. The predicted molar refractivity (Wildman–Crippen MR) is 60.5 cm³/mol. The van der Waals surface area contributed by atoms with Gasteiger partial charge in [-0.05, 0) is 12.1 Å². The number of rotatable bonds is 3. The number of carbonyl (C=O) groups excluding carboxylic acids is 1. The third-order valence-corrected chi connectivity index (χ3v) is 3.76. The van der Waals surface area contributed by atoms with Gasteiger partial charge in [-0.2, -0.15) is 0 Å². The summed E-state index contributed by atoms with van der Waals surface area (Å²) in [5.41, 5.74) is 2.93. The molecule has 5 nitrogen and oxygen atoms in total. The van der Waals surface area contributed by atoms with Crippen LogP contribution in [0.5, 0.6) is 0 Å². The Kier molecular flexibility index (Phi) is 3.14. The van der Waals surface area contributed by atoms with Crippen LogP contribution in [-0.2, 0) is 4.79 Å². The Morgan fingerprint density at radius 3 is 3.27 bits per heavy atom. The Bertz CT molecular complexity index is 451. The molecule has 0 aliphatic heterocycles. The van der Waals surface area contributed by atoms with Gasteiger partial charge in [-0.15, -0.1) is 0 Å². The van der Waals surface area contributed by atoms with E-state index < -0.39 is 0 Å². The molecule has 2 heterocycles. The molecule has 0 atom stereocenters. The second-order valence-corrected chi connectivity index (χ2v) is 4.86. The van der Waals surface area contributed by atoms with Gasteiger partial charge in [-0.25, -0.2) is 15.8 Å². The summed E-state index contributed by atoms with van der Waals surface area (Å²) < 4.78 is 0.826. The highest BCUT2D eigenvalue weighted by Gasteiger charge is 2.06. The predicted octanol–water partition coefficient (Wildman–Crippen LogP) is 0.773. The fourth-order valence-electron chi connectivity index (χ4n) is 0.981. The second kappa shape index (κ2) is 4.56. The molecule has 7 heteroatoms. The largest absolute Gasteiger partial charge is 0.294 e. The van der Waals surface area contributed by atoms with Crippen molar-refractivity contribution in [1.82, 2.24) is 15.4 Å². The summed E-state index contributed by atoms with van der Waals surface area (Å²) in [5.74, 6) is 5.03. The molecule has 0 unspecified atom stereocenters. The van der Waals surface area contributed by atoms with Gasteiger partial charge in [0.15, 0.2) is 4.34 Å². The molecule has 0 aliphatic carbocycles. The zero-order valence-corrected chi connectivity index (χ0v) is 9.27. The average molecular weight is 240 g/mol. The highest BCUT2D eigenvalue weighted by Crippen LogP contribution is 2.27. The number of aromatic nitrogens is 2. The molecule has 78 valence electrons. The van der Waals surface area contributed by atoms with Gasteiger partial charge in [-0.3, -0.25) is 10.2 Å². The van der Waals surface area contributed by atoms with Crippen LogP contribution in [0.4, 0.5) is 0 Å². The van der Waals surface area contributed by atoms with Gasteiger partial charge in [0.25, 0.3) is 0 Å². The first-order valence-electron chi connectivity index (χ1n) is 4.13. The molecule has 2 aromatic rings. The molecule has 0 saturated carbocycles. The molecule has 0 radical (unpaired) electrons. The quantitative estimate of drug-likeness (QED) is 0.358. The van der Waals surface area contributed by atoms with Crippen molar-refractivity contribution in [2.75, 3.05) is 5.75 Å². The topological polar surface area (TPSA) is 80.9 Å². The van der Waals surface area contributed by atoms with E-state index in [1.165, 1.54) is 23.1 Å². The number of hydrogen-bond acceptors (Lipinski definition) is 6. The first-order valence-corrected chi connectivity index (χ1v) is 5.93. The van der Waals surface area contributed by atoms with Crippen molar-refractivity contribution >= 4 is 39.4 Å². The van der Waals surface area contributed by atoms with E-state index in [1.807, 2.05) is 12.1 Å². The van der Waals surface area contributed by atoms with Crippen LogP contribution in [0.1, 0.15) is 0 Å². The number of hydrazine groups is 1. The highest BCUT2D eigenvalue weighted by molar-refractivity contribution is 8.01. The van der Waals surface area contributed by atoms with E-state index in [0.717, 1.165) is 14.7 Å². The molecule has 0 bridgehead atoms. The number of carbonyl (C=O) groups is 1. The summed E-state index contributed by atoms with van der Waals surface area (Å²) in [6.07, 6.45) is 1.72. The fourth-order valence-corrected chi connectivity index (χ4v) is 2.77. The molecule has 3 N–H and O–H groups in total. The van der Waals surface area contributed by atoms with Crippen LogP contribution in [0.25, 0.3) is 10.3 Å². The third-order valence-electron chi connectivity index (χ3n) is 1.63. The van der Waals surface area contributed by atoms with E-state index in [9.17, 15) is 4.79 Å². The number of thiazole rings is 1. The Morgan fingerprint density at radius 1 is 1.67 bits per heavy atom. The number of amides is 1. The van der Waals surface area contributed by atoms with E-state index in [4.69, 9.17) is 5.84 Å². The summed E-state index contributed by atoms with van der Waals surface area (Å²) in [7, 11) is 0. The van der Waals surface area contributed by atoms with Gasteiger partial charge < -0.3 is 0 Å². The van der Waals surface area contributed by atoms with Crippen LogP contribution in [0.3, 0.4) is 0 Å². The molecule has 0 aromatic carbocycles. The molecule has 0 saturated heterocycles. The molecule has 1 amide bonds. The molecule has 0 aliphatic rings. The summed E-state index contributed by atoms with van der Waals surface area (Å²) in [4.78, 5) is 20.3. The van der Waals surface area contributed by atoms with Gasteiger partial charge >= 0.3 is 0 Å². The fraction of sp³-hybridized carbons (Fsp3) is 0.125. The molecule has 2 rings (SSSR count). The summed E-state index contributed by atoms with van der Waals surface area (Å²) >= 11 is 2.82. The number of hydrogen-bond donors (Lipinski definition) is 2. The smallest absolute Gasteiger partial charge is 0.244 e. The van der Waals surface area contributed by atoms with Gasteiger partial charge in [0.2, 0.25) is 5.91 Å². The van der Waals surface area contributed by atoms with E-state index >= 15 is 0 Å². The summed E-state index contributed by atoms with van der Waals surface area (Å²) in [6.45, 7) is 0. The van der Waals surface area contributed by atoms with Crippen molar-refractivity contribution in [3.05, 3.63) is 18.3 Å². The lowest BCUT2D eigenvalue weighted by atomic mass is 10.5. The first-order chi connectivity index (χ1) is 7.29. The Morgan fingerprint density at radius 2 is 2.53 bits per heavy atom. The number of nitrogens with zero attached hydrogens (tertiary/aromatic N) is 2. The van der Waals surface area contributed by atoms with E-state index in [1.54, 1.807) is 6.20 Å². The van der Waals surface area contributed by atoms with Crippen LogP contribution in [0.15, 0.2) is 22.7 Å². The van der Waals surface area contributed by atoms with Crippen LogP contribution >= 0.6 is 23.1 Å². The minimum absolute atomic E-state index is 0.216. The van der Waals surface area contributed by atoms with E-state index in [0.29, 0.717) is 0 Å². The van der Waals surface area contributed by atoms with Crippen molar-refractivity contribution in [3.63, 3.8) is 0 Å². The lowest BCUT2D eigenvalue weighted by Gasteiger charge is -1.94. The lowest BCUT2D eigenvalue weighted by Crippen LogP contribution is -2.31. The molecule has 0 fully saturated rings. The van der Waals surface area contributed by atoms with Crippen LogP contribution < -0.4 is 11.3 Å². The Balaban J connectivity index is 2.12. The first kappa shape index (κ1) is 10.3. The van der Waals surface area contributed by atoms with E-state index in [-0.39, 0.29) is 11.7 Å².